The van der Waals surface area contributed by atoms with Gasteiger partial charge in [-0.3, -0.25) is 0 Å². The zero-order chi connectivity index (χ0) is 16.8. The number of nitrogens with one attached hydrogen (secondary N) is 1. The van der Waals surface area contributed by atoms with Crippen molar-refractivity contribution in [3.05, 3.63) is 46.7 Å². The van der Waals surface area contributed by atoms with Gasteiger partial charge in [-0.2, -0.15) is 0 Å². The van der Waals surface area contributed by atoms with Crippen molar-refractivity contribution in [2.45, 2.75) is 44.9 Å². The highest BCUT2D eigenvalue weighted by Crippen LogP contribution is 2.33. The van der Waals surface area contributed by atoms with Crippen molar-refractivity contribution < 1.29 is 4.39 Å². The van der Waals surface area contributed by atoms with Gasteiger partial charge in [-0.1, -0.05) is 51.7 Å². The minimum atomic E-state index is -0.479. The van der Waals surface area contributed by atoms with Crippen molar-refractivity contribution in [1.29, 1.82) is 0 Å². The Morgan fingerprint density at radius 2 is 2.27 bits per heavy atom. The lowest BCUT2D eigenvalue weighted by atomic mass is 9.93. The molecule has 22 heavy (non-hydrogen) atoms. The van der Waals surface area contributed by atoms with Crippen molar-refractivity contribution in [1.82, 2.24) is 5.32 Å². The lowest BCUT2D eigenvalue weighted by Gasteiger charge is -2.18. The Morgan fingerprint density at radius 3 is 2.82 bits per heavy atom. The molecule has 0 aromatic rings. The molecular formula is C19H25BrFN. The summed E-state index contributed by atoms with van der Waals surface area (Å²) in [6, 6.07) is 2.46. The van der Waals surface area contributed by atoms with Gasteiger partial charge in [0.05, 0.1) is 0 Å². The van der Waals surface area contributed by atoms with E-state index in [-0.39, 0.29) is 10.2 Å². The molecule has 0 bridgehead atoms. The Hall–Kier alpha value is -1.27. The Balaban J connectivity index is 3.04. The Morgan fingerprint density at radius 1 is 1.59 bits per heavy atom. The number of hydrogen-bond donors (Lipinski definition) is 1. The molecule has 0 amide bonds. The number of halogens is 2. The molecule has 0 radical (unpaired) electrons. The van der Waals surface area contributed by atoms with Gasteiger partial charge in [-0.05, 0) is 52.2 Å². The molecule has 0 heterocycles. The van der Waals surface area contributed by atoms with Gasteiger partial charge in [0.2, 0.25) is 0 Å². The number of rotatable bonds is 5. The van der Waals surface area contributed by atoms with Gasteiger partial charge >= 0.3 is 0 Å². The van der Waals surface area contributed by atoms with Crippen LogP contribution in [0.25, 0.3) is 0 Å². The maximum Gasteiger partial charge on any atom is 0.115 e. The second kappa shape index (κ2) is 8.39. The molecule has 1 rings (SSSR count). The van der Waals surface area contributed by atoms with E-state index in [2.05, 4.69) is 59.4 Å². The quantitative estimate of drug-likeness (QED) is 0.225. The topological polar surface area (TPSA) is 12.0 Å². The van der Waals surface area contributed by atoms with Crippen molar-refractivity contribution in [2.24, 2.45) is 5.92 Å². The summed E-state index contributed by atoms with van der Waals surface area (Å²) in [6.45, 7) is 7.62. The van der Waals surface area contributed by atoms with Gasteiger partial charge in [-0.25, -0.2) is 4.39 Å². The molecule has 2 atom stereocenters. The normalized spacial score (nSPS) is 25.0. The average Bonchev–Trinajstić information content (AvgIpc) is 2.54. The number of alkyl halides is 2. The van der Waals surface area contributed by atoms with Gasteiger partial charge < -0.3 is 5.32 Å². The van der Waals surface area contributed by atoms with Crippen LogP contribution in [0.2, 0.25) is 0 Å². The SMILES string of the molecule is C#CN/C(=C\C(CF)=C(C)C)CC1C=CC[C@@](C)(Br)C=C1C. The first-order valence-corrected chi connectivity index (χ1v) is 8.28. The monoisotopic (exact) mass is 365 g/mol. The number of allylic oxidation sites excluding steroid dienone is 8. The maximum absolute atomic E-state index is 13.1. The van der Waals surface area contributed by atoms with E-state index in [1.165, 1.54) is 5.57 Å². The van der Waals surface area contributed by atoms with Crippen LogP contribution in [0, 0.1) is 18.4 Å². The average molecular weight is 366 g/mol. The molecule has 0 aromatic heterocycles. The molecular weight excluding hydrogens is 341 g/mol. The highest BCUT2D eigenvalue weighted by atomic mass is 79.9. The number of hydrogen-bond acceptors (Lipinski definition) is 1. The highest BCUT2D eigenvalue weighted by molar-refractivity contribution is 9.10. The molecule has 1 N–H and O–H groups in total. The standard InChI is InChI=1S/C19H25BrFN/c1-6-22-18(11-17(13-21)14(2)3)10-16-8-7-9-19(5,20)12-15(16)4/h1,7-8,11-12,16,22H,9-10,13H2,2-5H3/b18-11-/t16?,19-/m1/s1. The molecule has 0 saturated carbocycles. The third-order valence-electron chi connectivity index (χ3n) is 3.81. The fourth-order valence-electron chi connectivity index (χ4n) is 2.49. The predicted molar refractivity (Wildman–Crippen MR) is 97.4 cm³/mol. The van der Waals surface area contributed by atoms with E-state index in [0.29, 0.717) is 5.57 Å². The molecule has 0 aliphatic heterocycles. The summed E-state index contributed by atoms with van der Waals surface area (Å²) in [7, 11) is 0. The summed E-state index contributed by atoms with van der Waals surface area (Å²) in [4.78, 5) is 0. The highest BCUT2D eigenvalue weighted by Gasteiger charge is 2.21. The molecule has 120 valence electrons. The lowest BCUT2D eigenvalue weighted by Crippen LogP contribution is -2.13. The molecule has 0 spiro atoms. The van der Waals surface area contributed by atoms with Crippen LogP contribution >= 0.6 is 15.9 Å². The first-order chi connectivity index (χ1) is 10.3. The molecule has 1 nitrogen and oxygen atoms in total. The summed E-state index contributed by atoms with van der Waals surface area (Å²) in [5.41, 5.74) is 3.81. The Labute approximate surface area is 142 Å². The van der Waals surface area contributed by atoms with Gasteiger partial charge in [-0.15, -0.1) is 0 Å². The van der Waals surface area contributed by atoms with E-state index in [9.17, 15) is 4.39 Å². The summed E-state index contributed by atoms with van der Waals surface area (Å²) in [5, 5.41) is 2.93. The minimum absolute atomic E-state index is 0.00420. The van der Waals surface area contributed by atoms with Crippen LogP contribution in [-0.4, -0.2) is 11.0 Å². The van der Waals surface area contributed by atoms with Crippen LogP contribution in [0.3, 0.4) is 0 Å². The van der Waals surface area contributed by atoms with Crippen LogP contribution in [0.1, 0.15) is 40.5 Å². The molecule has 0 saturated heterocycles. The van der Waals surface area contributed by atoms with Crippen molar-refractivity contribution in [3.8, 4) is 12.5 Å². The largest absolute Gasteiger partial charge is 0.319 e. The summed E-state index contributed by atoms with van der Waals surface area (Å²) in [6.07, 6.45) is 15.6. The van der Waals surface area contributed by atoms with E-state index in [0.717, 1.165) is 24.1 Å². The van der Waals surface area contributed by atoms with Crippen molar-refractivity contribution >= 4 is 15.9 Å². The second-order valence-electron chi connectivity index (χ2n) is 6.21. The smallest absolute Gasteiger partial charge is 0.115 e. The van der Waals surface area contributed by atoms with E-state index in [4.69, 9.17) is 6.42 Å². The van der Waals surface area contributed by atoms with Gasteiger partial charge in [0.15, 0.2) is 0 Å². The molecule has 1 aliphatic carbocycles. The third kappa shape index (κ3) is 5.85. The summed E-state index contributed by atoms with van der Waals surface area (Å²) in [5.74, 6) is 0.268. The molecule has 1 aliphatic rings. The predicted octanol–water partition coefficient (Wildman–Crippen LogP) is 5.42. The fraction of sp³-hybridized carbons (Fsp3) is 0.474. The molecule has 1 unspecified atom stereocenters. The molecule has 0 fully saturated rings. The number of terminal acetylenes is 1. The minimum Gasteiger partial charge on any atom is -0.319 e. The fourth-order valence-corrected chi connectivity index (χ4v) is 3.03. The third-order valence-corrected chi connectivity index (χ3v) is 4.36. The van der Waals surface area contributed by atoms with Crippen LogP contribution < -0.4 is 5.32 Å². The zero-order valence-electron chi connectivity index (χ0n) is 13.8. The summed E-state index contributed by atoms with van der Waals surface area (Å²) >= 11 is 3.73. The lowest BCUT2D eigenvalue weighted by molar-refractivity contribution is 0.546. The van der Waals surface area contributed by atoms with Crippen LogP contribution in [-0.2, 0) is 0 Å². The van der Waals surface area contributed by atoms with Gasteiger partial charge in [0.1, 0.15) is 6.67 Å². The second-order valence-corrected chi connectivity index (χ2v) is 8.02. The van der Waals surface area contributed by atoms with Crippen LogP contribution in [0.4, 0.5) is 4.39 Å². The van der Waals surface area contributed by atoms with Crippen LogP contribution in [0.15, 0.2) is 46.7 Å². The molecule has 3 heteroatoms. The maximum atomic E-state index is 13.1. The van der Waals surface area contributed by atoms with Crippen molar-refractivity contribution in [2.75, 3.05) is 6.67 Å². The van der Waals surface area contributed by atoms with Gasteiger partial charge in [0, 0.05) is 22.0 Å². The first kappa shape index (κ1) is 18.8. The molecule has 0 aromatic carbocycles. The van der Waals surface area contributed by atoms with E-state index < -0.39 is 6.67 Å². The van der Waals surface area contributed by atoms with Gasteiger partial charge in [0.25, 0.3) is 0 Å². The zero-order valence-corrected chi connectivity index (χ0v) is 15.4. The van der Waals surface area contributed by atoms with Crippen LogP contribution in [0.5, 0.6) is 0 Å². The van der Waals surface area contributed by atoms with E-state index in [1.54, 1.807) is 0 Å². The Kier molecular flexibility index (Phi) is 7.16. The summed E-state index contributed by atoms with van der Waals surface area (Å²) < 4.78 is 13.1. The van der Waals surface area contributed by atoms with Crippen molar-refractivity contribution in [3.63, 3.8) is 0 Å². The first-order valence-electron chi connectivity index (χ1n) is 7.48. The van der Waals surface area contributed by atoms with E-state index in [1.807, 2.05) is 19.9 Å². The Bertz CT molecular complexity index is 554. The van der Waals surface area contributed by atoms with E-state index >= 15 is 0 Å².